The van der Waals surface area contributed by atoms with Gasteiger partial charge >= 0.3 is 0 Å². The number of halogens is 1. The standard InChI is InChI=1S/C13H18BrN/c1-9(2)13-7-11(8-15-13)10-3-5-12(14)6-4-10/h3-6,9,11,13,15H,7-8H2,1-2H3. The van der Waals surface area contributed by atoms with E-state index in [1.807, 2.05) is 0 Å². The molecule has 0 radical (unpaired) electrons. The lowest BCUT2D eigenvalue weighted by molar-refractivity contribution is 0.449. The van der Waals surface area contributed by atoms with Crippen LogP contribution >= 0.6 is 15.9 Å². The molecule has 1 aromatic rings. The van der Waals surface area contributed by atoms with E-state index in [0.29, 0.717) is 12.0 Å². The van der Waals surface area contributed by atoms with Crippen LogP contribution in [-0.2, 0) is 0 Å². The molecule has 0 aromatic heterocycles. The van der Waals surface area contributed by atoms with E-state index in [0.717, 1.165) is 16.9 Å². The van der Waals surface area contributed by atoms with Gasteiger partial charge in [0.15, 0.2) is 0 Å². The number of hydrogen-bond donors (Lipinski definition) is 1. The van der Waals surface area contributed by atoms with Crippen molar-refractivity contribution >= 4 is 15.9 Å². The molecule has 0 bridgehead atoms. The summed E-state index contributed by atoms with van der Waals surface area (Å²) in [6.45, 7) is 5.72. The Morgan fingerprint density at radius 2 is 1.93 bits per heavy atom. The maximum absolute atomic E-state index is 3.61. The third-order valence-corrected chi connectivity index (χ3v) is 3.84. The largest absolute Gasteiger partial charge is 0.313 e. The summed E-state index contributed by atoms with van der Waals surface area (Å²) in [6, 6.07) is 9.44. The smallest absolute Gasteiger partial charge is 0.0175 e. The summed E-state index contributed by atoms with van der Waals surface area (Å²) in [5.41, 5.74) is 1.47. The van der Waals surface area contributed by atoms with Crippen LogP contribution in [0.5, 0.6) is 0 Å². The molecule has 0 saturated carbocycles. The van der Waals surface area contributed by atoms with Gasteiger partial charge < -0.3 is 5.32 Å². The maximum atomic E-state index is 3.61. The van der Waals surface area contributed by atoms with Crippen molar-refractivity contribution in [1.29, 1.82) is 0 Å². The van der Waals surface area contributed by atoms with Crippen molar-refractivity contribution in [3.05, 3.63) is 34.3 Å². The summed E-state index contributed by atoms with van der Waals surface area (Å²) < 4.78 is 1.16. The Hall–Kier alpha value is -0.340. The zero-order valence-electron chi connectivity index (χ0n) is 9.33. The van der Waals surface area contributed by atoms with E-state index in [1.165, 1.54) is 12.0 Å². The van der Waals surface area contributed by atoms with Crippen LogP contribution < -0.4 is 5.32 Å². The Balaban J connectivity index is 2.04. The van der Waals surface area contributed by atoms with Gasteiger partial charge in [-0.3, -0.25) is 0 Å². The van der Waals surface area contributed by atoms with Crippen molar-refractivity contribution in [1.82, 2.24) is 5.32 Å². The predicted octanol–water partition coefficient (Wildman–Crippen LogP) is 3.55. The molecule has 0 spiro atoms. The Kier molecular flexibility index (Phi) is 3.47. The van der Waals surface area contributed by atoms with Crippen molar-refractivity contribution in [2.75, 3.05) is 6.54 Å². The summed E-state index contributed by atoms with van der Waals surface area (Å²) >= 11 is 3.47. The zero-order valence-corrected chi connectivity index (χ0v) is 10.9. The van der Waals surface area contributed by atoms with Crippen LogP contribution in [0.1, 0.15) is 31.7 Å². The molecule has 15 heavy (non-hydrogen) atoms. The number of nitrogens with one attached hydrogen (secondary N) is 1. The minimum Gasteiger partial charge on any atom is -0.313 e. The molecule has 1 aliphatic rings. The van der Waals surface area contributed by atoms with E-state index in [1.54, 1.807) is 0 Å². The second kappa shape index (κ2) is 4.67. The van der Waals surface area contributed by atoms with Crippen LogP contribution in [0.15, 0.2) is 28.7 Å². The van der Waals surface area contributed by atoms with E-state index in [9.17, 15) is 0 Å². The fraction of sp³-hybridized carbons (Fsp3) is 0.538. The van der Waals surface area contributed by atoms with Crippen LogP contribution in [0.4, 0.5) is 0 Å². The highest BCUT2D eigenvalue weighted by Gasteiger charge is 2.26. The lowest BCUT2D eigenvalue weighted by atomic mass is 9.93. The highest BCUT2D eigenvalue weighted by Crippen LogP contribution is 2.29. The van der Waals surface area contributed by atoms with E-state index in [-0.39, 0.29) is 0 Å². The molecule has 2 atom stereocenters. The maximum Gasteiger partial charge on any atom is 0.0175 e. The molecule has 1 saturated heterocycles. The first kappa shape index (κ1) is 11.2. The summed E-state index contributed by atoms with van der Waals surface area (Å²) in [6.07, 6.45) is 1.28. The molecule has 2 unspecified atom stereocenters. The third kappa shape index (κ3) is 2.61. The fourth-order valence-corrected chi connectivity index (χ4v) is 2.53. The van der Waals surface area contributed by atoms with Crippen LogP contribution in [0.2, 0.25) is 0 Å². The first-order valence-electron chi connectivity index (χ1n) is 5.65. The minimum absolute atomic E-state index is 0.693. The number of hydrogen-bond acceptors (Lipinski definition) is 1. The zero-order chi connectivity index (χ0) is 10.8. The molecule has 1 fully saturated rings. The van der Waals surface area contributed by atoms with Gasteiger partial charge in [0.05, 0.1) is 0 Å². The minimum atomic E-state index is 0.693. The van der Waals surface area contributed by atoms with Crippen LogP contribution in [0, 0.1) is 5.92 Å². The summed E-state index contributed by atoms with van der Waals surface area (Å²) in [5.74, 6) is 1.44. The highest BCUT2D eigenvalue weighted by molar-refractivity contribution is 9.10. The van der Waals surface area contributed by atoms with Crippen molar-refractivity contribution in [2.45, 2.75) is 32.2 Å². The van der Waals surface area contributed by atoms with Gasteiger partial charge in [0, 0.05) is 17.1 Å². The fourth-order valence-electron chi connectivity index (χ4n) is 2.26. The monoisotopic (exact) mass is 267 g/mol. The molecule has 0 amide bonds. The van der Waals surface area contributed by atoms with Gasteiger partial charge in [0.25, 0.3) is 0 Å². The summed E-state index contributed by atoms with van der Waals surface area (Å²) in [5, 5.41) is 3.61. The lowest BCUT2D eigenvalue weighted by Crippen LogP contribution is -2.26. The molecule has 1 aliphatic heterocycles. The van der Waals surface area contributed by atoms with Crippen molar-refractivity contribution in [3.63, 3.8) is 0 Å². The van der Waals surface area contributed by atoms with Crippen molar-refractivity contribution in [2.24, 2.45) is 5.92 Å². The molecule has 0 aliphatic carbocycles. The van der Waals surface area contributed by atoms with E-state index in [2.05, 4.69) is 59.4 Å². The highest BCUT2D eigenvalue weighted by atomic mass is 79.9. The van der Waals surface area contributed by atoms with Gasteiger partial charge in [0.2, 0.25) is 0 Å². The average Bonchev–Trinajstić information content (AvgIpc) is 2.68. The SMILES string of the molecule is CC(C)C1CC(c2ccc(Br)cc2)CN1. The van der Waals surface area contributed by atoms with Crippen LogP contribution in [0.3, 0.4) is 0 Å². The van der Waals surface area contributed by atoms with Gasteiger partial charge in [-0.25, -0.2) is 0 Å². The number of benzene rings is 1. The van der Waals surface area contributed by atoms with Crippen molar-refractivity contribution in [3.8, 4) is 0 Å². The molecule has 1 aromatic carbocycles. The molecular weight excluding hydrogens is 250 g/mol. The molecule has 82 valence electrons. The van der Waals surface area contributed by atoms with Gasteiger partial charge in [-0.15, -0.1) is 0 Å². The molecule has 2 rings (SSSR count). The normalized spacial score (nSPS) is 26.1. The Morgan fingerprint density at radius 3 is 2.47 bits per heavy atom. The first-order valence-corrected chi connectivity index (χ1v) is 6.45. The predicted molar refractivity (Wildman–Crippen MR) is 68.1 cm³/mol. The number of rotatable bonds is 2. The van der Waals surface area contributed by atoms with Crippen LogP contribution in [0.25, 0.3) is 0 Å². The summed E-state index contributed by atoms with van der Waals surface area (Å²) in [4.78, 5) is 0. The van der Waals surface area contributed by atoms with Gasteiger partial charge in [0.1, 0.15) is 0 Å². The first-order chi connectivity index (χ1) is 7.16. The Bertz CT molecular complexity index is 318. The van der Waals surface area contributed by atoms with Crippen molar-refractivity contribution < 1.29 is 0 Å². The average molecular weight is 268 g/mol. The Labute approximate surface area is 100 Å². The second-order valence-corrected chi connectivity index (χ2v) is 5.66. The summed E-state index contributed by atoms with van der Waals surface area (Å²) in [7, 11) is 0. The third-order valence-electron chi connectivity index (χ3n) is 3.31. The second-order valence-electron chi connectivity index (χ2n) is 4.74. The Morgan fingerprint density at radius 1 is 1.27 bits per heavy atom. The van der Waals surface area contributed by atoms with E-state index >= 15 is 0 Å². The van der Waals surface area contributed by atoms with E-state index < -0.39 is 0 Å². The van der Waals surface area contributed by atoms with Gasteiger partial charge in [-0.05, 0) is 36.0 Å². The lowest BCUT2D eigenvalue weighted by Gasteiger charge is -2.14. The molecule has 1 N–H and O–H groups in total. The quantitative estimate of drug-likeness (QED) is 0.865. The van der Waals surface area contributed by atoms with E-state index in [4.69, 9.17) is 0 Å². The molecular formula is C13H18BrN. The molecule has 2 heteroatoms. The van der Waals surface area contributed by atoms with Gasteiger partial charge in [-0.2, -0.15) is 0 Å². The van der Waals surface area contributed by atoms with Crippen LogP contribution in [-0.4, -0.2) is 12.6 Å². The topological polar surface area (TPSA) is 12.0 Å². The van der Waals surface area contributed by atoms with Gasteiger partial charge in [-0.1, -0.05) is 41.9 Å². The molecule has 1 nitrogen and oxygen atoms in total. The molecule has 1 heterocycles.